The highest BCUT2D eigenvalue weighted by Gasteiger charge is 2.30. The van der Waals surface area contributed by atoms with E-state index in [2.05, 4.69) is 0 Å². The molecule has 0 saturated carbocycles. The summed E-state index contributed by atoms with van der Waals surface area (Å²) in [6, 6.07) is 9.53. The molecular weight excluding hydrogens is 304 g/mol. The van der Waals surface area contributed by atoms with Gasteiger partial charge in [-0.2, -0.15) is 0 Å². The van der Waals surface area contributed by atoms with Crippen molar-refractivity contribution < 1.29 is 18.7 Å². The summed E-state index contributed by atoms with van der Waals surface area (Å²) in [6.45, 7) is 3.92. The summed E-state index contributed by atoms with van der Waals surface area (Å²) in [4.78, 5) is 12.7. The lowest BCUT2D eigenvalue weighted by Gasteiger charge is -2.27. The molecule has 0 fully saturated rings. The summed E-state index contributed by atoms with van der Waals surface area (Å²) in [7, 11) is 1.63. The van der Waals surface area contributed by atoms with Crippen molar-refractivity contribution in [1.29, 1.82) is 0 Å². The van der Waals surface area contributed by atoms with Crippen LogP contribution in [0.2, 0.25) is 0 Å². The Labute approximate surface area is 140 Å². The quantitative estimate of drug-likeness (QED) is 0.682. The maximum Gasteiger partial charge on any atom is 0.170 e. The van der Waals surface area contributed by atoms with E-state index >= 15 is 0 Å². The fourth-order valence-corrected chi connectivity index (χ4v) is 3.26. The molecule has 1 unspecified atom stereocenters. The molecule has 0 amide bonds. The minimum atomic E-state index is -0.289. The number of carbonyl (C=O) groups excluding carboxylic acids is 1. The first-order valence-corrected chi connectivity index (χ1v) is 7.93. The monoisotopic (exact) mass is 322 g/mol. The Morgan fingerprint density at radius 3 is 2.62 bits per heavy atom. The van der Waals surface area contributed by atoms with Crippen LogP contribution in [0.3, 0.4) is 0 Å². The van der Waals surface area contributed by atoms with Gasteiger partial charge in [0.05, 0.1) is 25.4 Å². The Hall–Kier alpha value is -2.75. The van der Waals surface area contributed by atoms with E-state index in [9.17, 15) is 4.79 Å². The van der Waals surface area contributed by atoms with Crippen LogP contribution in [0.1, 0.15) is 39.6 Å². The highest BCUT2D eigenvalue weighted by atomic mass is 16.5. The van der Waals surface area contributed by atoms with Crippen molar-refractivity contribution in [1.82, 2.24) is 0 Å². The van der Waals surface area contributed by atoms with Crippen molar-refractivity contribution in [3.8, 4) is 11.5 Å². The van der Waals surface area contributed by atoms with Gasteiger partial charge in [-0.25, -0.2) is 0 Å². The molecule has 0 radical (unpaired) electrons. The van der Waals surface area contributed by atoms with E-state index in [1.165, 1.54) is 0 Å². The van der Waals surface area contributed by atoms with Crippen molar-refractivity contribution in [3.05, 3.63) is 58.8 Å². The topological polar surface area (TPSA) is 48.7 Å². The number of rotatable bonds is 2. The Morgan fingerprint density at radius 2 is 1.92 bits per heavy atom. The zero-order valence-corrected chi connectivity index (χ0v) is 13.9. The van der Waals surface area contributed by atoms with Gasteiger partial charge in [0.25, 0.3) is 0 Å². The van der Waals surface area contributed by atoms with E-state index in [-0.39, 0.29) is 11.9 Å². The lowest BCUT2D eigenvalue weighted by molar-refractivity contribution is 0.0849. The zero-order valence-electron chi connectivity index (χ0n) is 13.9. The molecule has 24 heavy (non-hydrogen) atoms. The van der Waals surface area contributed by atoms with Crippen LogP contribution in [-0.4, -0.2) is 12.9 Å². The molecule has 1 aliphatic rings. The number of aryl methyl sites for hydroxylation is 2. The normalized spacial score (nSPS) is 16.8. The molecule has 3 aromatic rings. The molecular formula is C20H18O4. The Morgan fingerprint density at radius 1 is 1.17 bits per heavy atom. The van der Waals surface area contributed by atoms with Crippen LogP contribution >= 0.6 is 0 Å². The number of Topliss-reactive ketones (excluding diaryl/α,β-unsaturated/α-hetero) is 1. The first kappa shape index (κ1) is 14.8. The standard InChI is InChI=1S/C20H18O4/c1-11-10-23-19-12(2)20-16(8-15(11)19)17(21)9-18(24-20)13-4-6-14(22-3)7-5-13/h4-8,10,18H,9H2,1-3H3. The molecule has 2 aromatic carbocycles. The fraction of sp³-hybridized carbons (Fsp3) is 0.250. The predicted octanol–water partition coefficient (Wildman–Crippen LogP) is 4.76. The van der Waals surface area contributed by atoms with E-state index in [1.54, 1.807) is 13.4 Å². The number of hydrogen-bond donors (Lipinski definition) is 0. The summed E-state index contributed by atoms with van der Waals surface area (Å²) in [5, 5.41) is 0.978. The van der Waals surface area contributed by atoms with Crippen LogP contribution in [-0.2, 0) is 0 Å². The molecule has 1 aromatic heterocycles. The lowest BCUT2D eigenvalue weighted by Crippen LogP contribution is -2.21. The SMILES string of the molecule is COc1ccc(C2CC(=O)c3cc4c(C)coc4c(C)c3O2)cc1. The number of hydrogen-bond acceptors (Lipinski definition) is 4. The smallest absolute Gasteiger partial charge is 0.170 e. The summed E-state index contributed by atoms with van der Waals surface area (Å²) in [6.07, 6.45) is 1.76. The third-order valence-electron chi connectivity index (χ3n) is 4.66. The largest absolute Gasteiger partial charge is 0.497 e. The molecule has 0 spiro atoms. The number of methoxy groups -OCH3 is 1. The summed E-state index contributed by atoms with van der Waals surface area (Å²) < 4.78 is 17.0. The third kappa shape index (κ3) is 2.18. The highest BCUT2D eigenvalue weighted by molar-refractivity contribution is 6.05. The van der Waals surface area contributed by atoms with Gasteiger partial charge in [-0.05, 0) is 43.2 Å². The first-order valence-electron chi connectivity index (χ1n) is 7.93. The predicted molar refractivity (Wildman–Crippen MR) is 91.0 cm³/mol. The van der Waals surface area contributed by atoms with Crippen molar-refractivity contribution in [2.75, 3.05) is 7.11 Å². The van der Waals surface area contributed by atoms with E-state index in [0.717, 1.165) is 33.4 Å². The van der Waals surface area contributed by atoms with Crippen LogP contribution in [0, 0.1) is 13.8 Å². The third-order valence-corrected chi connectivity index (χ3v) is 4.66. The molecule has 122 valence electrons. The van der Waals surface area contributed by atoms with Gasteiger partial charge in [-0.3, -0.25) is 4.79 Å². The van der Waals surface area contributed by atoms with Gasteiger partial charge >= 0.3 is 0 Å². The lowest BCUT2D eigenvalue weighted by atomic mass is 9.93. The van der Waals surface area contributed by atoms with Gasteiger partial charge in [-0.1, -0.05) is 12.1 Å². The number of carbonyl (C=O) groups is 1. The average molecular weight is 322 g/mol. The van der Waals surface area contributed by atoms with Crippen LogP contribution in [0.5, 0.6) is 11.5 Å². The van der Waals surface area contributed by atoms with Crippen LogP contribution in [0.4, 0.5) is 0 Å². The number of benzene rings is 2. The van der Waals surface area contributed by atoms with Gasteiger partial charge in [0.2, 0.25) is 0 Å². The minimum absolute atomic E-state index is 0.0997. The minimum Gasteiger partial charge on any atom is -0.497 e. The van der Waals surface area contributed by atoms with Crippen molar-refractivity contribution in [2.45, 2.75) is 26.4 Å². The van der Waals surface area contributed by atoms with E-state index < -0.39 is 0 Å². The molecule has 0 saturated heterocycles. The van der Waals surface area contributed by atoms with E-state index in [4.69, 9.17) is 13.9 Å². The molecule has 0 aliphatic carbocycles. The van der Waals surface area contributed by atoms with Gasteiger partial charge in [0, 0.05) is 10.9 Å². The van der Waals surface area contributed by atoms with Crippen LogP contribution < -0.4 is 9.47 Å². The fourth-order valence-electron chi connectivity index (χ4n) is 3.26. The molecule has 4 heteroatoms. The Bertz CT molecular complexity index is 934. The zero-order chi connectivity index (χ0) is 16.8. The number of ether oxygens (including phenoxy) is 2. The maximum atomic E-state index is 12.7. The number of furan rings is 1. The van der Waals surface area contributed by atoms with E-state index in [1.807, 2.05) is 44.2 Å². The van der Waals surface area contributed by atoms with Crippen LogP contribution in [0.15, 0.2) is 41.0 Å². The summed E-state index contributed by atoms with van der Waals surface area (Å²) >= 11 is 0. The number of ketones is 1. The second kappa shape index (κ2) is 5.41. The van der Waals surface area contributed by atoms with Gasteiger partial charge in [0.15, 0.2) is 5.78 Å². The van der Waals surface area contributed by atoms with E-state index in [0.29, 0.717) is 17.7 Å². The molecule has 4 nitrogen and oxygen atoms in total. The maximum absolute atomic E-state index is 12.7. The highest BCUT2D eigenvalue weighted by Crippen LogP contribution is 2.41. The second-order valence-corrected chi connectivity index (χ2v) is 6.18. The molecule has 1 aliphatic heterocycles. The number of fused-ring (bicyclic) bond motifs is 2. The van der Waals surface area contributed by atoms with Gasteiger partial charge < -0.3 is 13.9 Å². The Kier molecular flexibility index (Phi) is 3.34. The summed E-state index contributed by atoms with van der Waals surface area (Å²) in [5.41, 5.74) is 4.30. The van der Waals surface area contributed by atoms with Crippen molar-refractivity contribution in [3.63, 3.8) is 0 Å². The average Bonchev–Trinajstić information content (AvgIpc) is 2.97. The summed E-state index contributed by atoms with van der Waals surface area (Å²) in [5.74, 6) is 1.52. The van der Waals surface area contributed by atoms with Crippen molar-refractivity contribution in [2.24, 2.45) is 0 Å². The molecule has 0 bridgehead atoms. The molecule has 0 N–H and O–H groups in total. The molecule has 2 heterocycles. The Balaban J connectivity index is 1.78. The van der Waals surface area contributed by atoms with Gasteiger partial charge in [0.1, 0.15) is 23.2 Å². The van der Waals surface area contributed by atoms with Crippen LogP contribution in [0.25, 0.3) is 11.0 Å². The molecule has 4 rings (SSSR count). The second-order valence-electron chi connectivity index (χ2n) is 6.18. The molecule has 1 atom stereocenters. The van der Waals surface area contributed by atoms with Crippen molar-refractivity contribution >= 4 is 16.8 Å². The van der Waals surface area contributed by atoms with Gasteiger partial charge in [-0.15, -0.1) is 0 Å². The first-order chi connectivity index (χ1) is 11.6.